The van der Waals surface area contributed by atoms with Crippen molar-refractivity contribution in [2.24, 2.45) is 0 Å². The molecule has 0 spiro atoms. The summed E-state index contributed by atoms with van der Waals surface area (Å²) in [6, 6.07) is 6.28. The molecule has 2 aromatic carbocycles. The van der Waals surface area contributed by atoms with Crippen molar-refractivity contribution < 1.29 is 22.7 Å². The monoisotopic (exact) mass is 415 g/mol. The minimum absolute atomic E-state index is 0.0725. The standard InChI is InChI=1S/C18H17BrF3NO2/c1-10-7-15(11(2)12(3)17(10)19)25-9-16(24)23-14-6-4-5-13(8-14)18(20,21)22/h4-8H,9H2,1-3H3,(H,23,24). The molecule has 0 atom stereocenters. The second-order valence-electron chi connectivity index (χ2n) is 5.67. The number of halogens is 4. The predicted octanol–water partition coefficient (Wildman–Crippen LogP) is 5.41. The van der Waals surface area contributed by atoms with Gasteiger partial charge >= 0.3 is 6.18 Å². The van der Waals surface area contributed by atoms with Gasteiger partial charge in [0, 0.05) is 10.2 Å². The van der Waals surface area contributed by atoms with Gasteiger partial charge in [0.2, 0.25) is 0 Å². The van der Waals surface area contributed by atoms with Gasteiger partial charge in [-0.25, -0.2) is 0 Å². The van der Waals surface area contributed by atoms with Gasteiger partial charge in [-0.2, -0.15) is 13.2 Å². The number of amides is 1. The first kappa shape index (κ1) is 19.3. The number of hydrogen-bond donors (Lipinski definition) is 1. The summed E-state index contributed by atoms with van der Waals surface area (Å²) in [6.07, 6.45) is -4.46. The van der Waals surface area contributed by atoms with Gasteiger partial charge in [0.05, 0.1) is 5.56 Å². The van der Waals surface area contributed by atoms with E-state index in [1.54, 1.807) is 0 Å². The lowest BCUT2D eigenvalue weighted by Crippen LogP contribution is -2.21. The van der Waals surface area contributed by atoms with Crippen molar-refractivity contribution in [2.45, 2.75) is 26.9 Å². The van der Waals surface area contributed by atoms with E-state index in [2.05, 4.69) is 21.2 Å². The molecule has 0 heterocycles. The average Bonchev–Trinajstić information content (AvgIpc) is 2.54. The molecule has 0 unspecified atom stereocenters. The maximum absolute atomic E-state index is 12.7. The second kappa shape index (κ2) is 7.47. The van der Waals surface area contributed by atoms with Crippen molar-refractivity contribution in [2.75, 3.05) is 11.9 Å². The Balaban J connectivity index is 2.05. The summed E-state index contributed by atoms with van der Waals surface area (Å²) >= 11 is 3.48. The number of anilines is 1. The number of nitrogens with one attached hydrogen (secondary N) is 1. The van der Waals surface area contributed by atoms with E-state index in [1.165, 1.54) is 12.1 Å². The molecule has 0 aliphatic carbocycles. The normalized spacial score (nSPS) is 11.3. The number of aryl methyl sites for hydroxylation is 1. The quantitative estimate of drug-likeness (QED) is 0.724. The highest BCUT2D eigenvalue weighted by Gasteiger charge is 2.30. The Morgan fingerprint density at radius 3 is 2.48 bits per heavy atom. The van der Waals surface area contributed by atoms with E-state index in [0.717, 1.165) is 33.3 Å². The molecule has 2 aromatic rings. The molecular weight excluding hydrogens is 399 g/mol. The van der Waals surface area contributed by atoms with Crippen molar-refractivity contribution in [3.05, 3.63) is 57.1 Å². The number of carbonyl (C=O) groups excluding carboxylic acids is 1. The molecule has 134 valence electrons. The number of alkyl halides is 3. The van der Waals surface area contributed by atoms with Crippen LogP contribution in [0, 0.1) is 20.8 Å². The predicted molar refractivity (Wildman–Crippen MR) is 93.9 cm³/mol. The highest BCUT2D eigenvalue weighted by molar-refractivity contribution is 9.10. The fourth-order valence-electron chi connectivity index (χ4n) is 2.28. The van der Waals surface area contributed by atoms with Crippen molar-refractivity contribution in [3.8, 4) is 5.75 Å². The Labute approximate surface area is 152 Å². The molecule has 0 bridgehead atoms. The Hall–Kier alpha value is -2.02. The van der Waals surface area contributed by atoms with E-state index in [4.69, 9.17) is 4.74 Å². The first-order chi connectivity index (χ1) is 11.6. The van der Waals surface area contributed by atoms with Crippen LogP contribution in [0.4, 0.5) is 18.9 Å². The largest absolute Gasteiger partial charge is 0.483 e. The first-order valence-corrected chi connectivity index (χ1v) is 8.25. The van der Waals surface area contributed by atoms with Gasteiger partial charge in [0.15, 0.2) is 6.61 Å². The van der Waals surface area contributed by atoms with Gasteiger partial charge in [-0.05, 0) is 61.7 Å². The van der Waals surface area contributed by atoms with E-state index in [1.807, 2.05) is 26.8 Å². The van der Waals surface area contributed by atoms with Crippen LogP contribution in [-0.4, -0.2) is 12.5 Å². The summed E-state index contributed by atoms with van der Waals surface area (Å²) in [5, 5.41) is 2.41. The van der Waals surface area contributed by atoms with Crippen LogP contribution in [0.2, 0.25) is 0 Å². The SMILES string of the molecule is Cc1cc(OCC(=O)Nc2cccc(C(F)(F)F)c2)c(C)c(C)c1Br. The Bertz CT molecular complexity index is 804. The fourth-order valence-corrected chi connectivity index (χ4v) is 2.69. The lowest BCUT2D eigenvalue weighted by molar-refractivity contribution is -0.137. The van der Waals surface area contributed by atoms with Crippen LogP contribution in [0.1, 0.15) is 22.3 Å². The molecule has 0 radical (unpaired) electrons. The highest BCUT2D eigenvalue weighted by atomic mass is 79.9. The zero-order valence-corrected chi connectivity index (χ0v) is 15.5. The summed E-state index contributed by atoms with van der Waals surface area (Å²) in [4.78, 5) is 12.0. The zero-order valence-electron chi connectivity index (χ0n) is 13.9. The zero-order chi connectivity index (χ0) is 18.8. The van der Waals surface area contributed by atoms with Gasteiger partial charge in [0.25, 0.3) is 5.91 Å². The number of hydrogen-bond acceptors (Lipinski definition) is 2. The summed E-state index contributed by atoms with van der Waals surface area (Å²) < 4.78 is 44.6. The lowest BCUT2D eigenvalue weighted by atomic mass is 10.1. The van der Waals surface area contributed by atoms with E-state index < -0.39 is 17.6 Å². The van der Waals surface area contributed by atoms with E-state index in [9.17, 15) is 18.0 Å². The van der Waals surface area contributed by atoms with Crippen LogP contribution in [0.5, 0.6) is 5.75 Å². The molecule has 25 heavy (non-hydrogen) atoms. The Morgan fingerprint density at radius 1 is 1.16 bits per heavy atom. The molecule has 1 amide bonds. The molecule has 3 nitrogen and oxygen atoms in total. The van der Waals surface area contributed by atoms with Crippen LogP contribution in [0.15, 0.2) is 34.8 Å². The fraction of sp³-hybridized carbons (Fsp3) is 0.278. The molecular formula is C18H17BrF3NO2. The molecule has 0 saturated carbocycles. The molecule has 0 aliphatic rings. The highest BCUT2D eigenvalue weighted by Crippen LogP contribution is 2.32. The summed E-state index contributed by atoms with van der Waals surface area (Å²) in [7, 11) is 0. The topological polar surface area (TPSA) is 38.3 Å². The minimum atomic E-state index is -4.46. The minimum Gasteiger partial charge on any atom is -0.483 e. The number of rotatable bonds is 4. The van der Waals surface area contributed by atoms with Gasteiger partial charge in [0.1, 0.15) is 5.75 Å². The van der Waals surface area contributed by atoms with Crippen LogP contribution in [-0.2, 0) is 11.0 Å². The van der Waals surface area contributed by atoms with Crippen LogP contribution in [0.3, 0.4) is 0 Å². The molecule has 1 N–H and O–H groups in total. The summed E-state index contributed by atoms with van der Waals surface area (Å²) in [5.41, 5.74) is 2.12. The maximum atomic E-state index is 12.7. The second-order valence-corrected chi connectivity index (χ2v) is 6.46. The summed E-state index contributed by atoms with van der Waals surface area (Å²) in [6.45, 7) is 5.42. The van der Waals surface area contributed by atoms with Crippen molar-refractivity contribution in [1.29, 1.82) is 0 Å². The van der Waals surface area contributed by atoms with Crippen LogP contribution >= 0.6 is 15.9 Å². The van der Waals surface area contributed by atoms with Gasteiger partial charge in [-0.1, -0.05) is 22.0 Å². The van der Waals surface area contributed by atoms with E-state index >= 15 is 0 Å². The molecule has 0 fully saturated rings. The van der Waals surface area contributed by atoms with Crippen LogP contribution in [0.25, 0.3) is 0 Å². The molecule has 0 aliphatic heterocycles. The number of benzene rings is 2. The van der Waals surface area contributed by atoms with Crippen LogP contribution < -0.4 is 10.1 Å². The van der Waals surface area contributed by atoms with Crippen molar-refractivity contribution >= 4 is 27.5 Å². The average molecular weight is 416 g/mol. The molecule has 7 heteroatoms. The third-order valence-electron chi connectivity index (χ3n) is 3.79. The Morgan fingerprint density at radius 2 is 1.84 bits per heavy atom. The molecule has 0 saturated heterocycles. The van der Waals surface area contributed by atoms with E-state index in [-0.39, 0.29) is 12.3 Å². The van der Waals surface area contributed by atoms with Crippen molar-refractivity contribution in [3.63, 3.8) is 0 Å². The first-order valence-electron chi connectivity index (χ1n) is 7.46. The molecule has 0 aromatic heterocycles. The van der Waals surface area contributed by atoms with E-state index in [0.29, 0.717) is 5.75 Å². The third kappa shape index (κ3) is 4.75. The molecule has 2 rings (SSSR count). The smallest absolute Gasteiger partial charge is 0.416 e. The Kier molecular flexibility index (Phi) is 5.77. The third-order valence-corrected chi connectivity index (χ3v) is 5.01. The van der Waals surface area contributed by atoms with Gasteiger partial charge in [-0.3, -0.25) is 4.79 Å². The lowest BCUT2D eigenvalue weighted by Gasteiger charge is -2.14. The summed E-state index contributed by atoms with van der Waals surface area (Å²) in [5.74, 6) is 0.0364. The van der Waals surface area contributed by atoms with Gasteiger partial charge < -0.3 is 10.1 Å². The van der Waals surface area contributed by atoms with Gasteiger partial charge in [-0.15, -0.1) is 0 Å². The van der Waals surface area contributed by atoms with Crippen molar-refractivity contribution in [1.82, 2.24) is 0 Å². The number of ether oxygens (including phenoxy) is 1. The number of carbonyl (C=O) groups is 1. The maximum Gasteiger partial charge on any atom is 0.416 e.